The van der Waals surface area contributed by atoms with Crippen LogP contribution in [0.1, 0.15) is 55.5 Å². The van der Waals surface area contributed by atoms with E-state index in [0.29, 0.717) is 5.56 Å². The number of aromatic nitrogens is 1. The van der Waals surface area contributed by atoms with Crippen LogP contribution in [0.3, 0.4) is 0 Å². The second kappa shape index (κ2) is 13.8. The summed E-state index contributed by atoms with van der Waals surface area (Å²) in [5.74, 6) is -2.64. The predicted octanol–water partition coefficient (Wildman–Crippen LogP) is 2.92. The van der Waals surface area contributed by atoms with Gasteiger partial charge in [-0.15, -0.1) is 0 Å². The Balaban J connectivity index is 2.06. The lowest BCUT2D eigenvalue weighted by molar-refractivity contribution is -0.157. The largest absolute Gasteiger partial charge is 0.493 e. The zero-order chi connectivity index (χ0) is 27.5. The van der Waals surface area contributed by atoms with Crippen molar-refractivity contribution in [2.45, 2.75) is 52.9 Å². The van der Waals surface area contributed by atoms with Crippen LogP contribution in [0.4, 0.5) is 0 Å². The highest BCUT2D eigenvalue weighted by Crippen LogP contribution is 2.29. The fourth-order valence-electron chi connectivity index (χ4n) is 3.28. The zero-order valence-corrected chi connectivity index (χ0v) is 21.7. The van der Waals surface area contributed by atoms with Gasteiger partial charge in [0.25, 0.3) is 5.91 Å². The van der Waals surface area contributed by atoms with Crippen LogP contribution in [0.15, 0.2) is 42.6 Å². The van der Waals surface area contributed by atoms with E-state index in [9.17, 15) is 19.2 Å². The number of benzene rings is 1. The molecular formula is C26H32N2O9. The van der Waals surface area contributed by atoms with Gasteiger partial charge < -0.3 is 29.0 Å². The molecule has 37 heavy (non-hydrogen) atoms. The van der Waals surface area contributed by atoms with E-state index in [1.165, 1.54) is 33.2 Å². The topological polar surface area (TPSA) is 139 Å². The van der Waals surface area contributed by atoms with Gasteiger partial charge in [-0.25, -0.2) is 14.6 Å². The van der Waals surface area contributed by atoms with E-state index in [1.54, 1.807) is 37.3 Å². The standard InChI is InChI=1S/C26H32N2O9/c1-15(2)22(37-26(32)19-10-8-7-9-11-19)17(4)36-25(31)16(3)28-24(30)21-23(35-14-34-18(5)29)20(33-6)12-13-27-21/h7-13,15-17,22H,14H2,1-6H3,(H,28,30)/t16-,17-,22-/m0/s1. The molecule has 200 valence electrons. The number of carbonyl (C=O) groups excluding carboxylic acids is 4. The number of carbonyl (C=O) groups is 4. The van der Waals surface area contributed by atoms with Crippen molar-refractivity contribution in [3.63, 3.8) is 0 Å². The number of esters is 3. The summed E-state index contributed by atoms with van der Waals surface area (Å²) < 4.78 is 26.4. The minimum atomic E-state index is -1.08. The van der Waals surface area contributed by atoms with Gasteiger partial charge in [-0.05, 0) is 31.9 Å². The summed E-state index contributed by atoms with van der Waals surface area (Å²) in [6.45, 7) is 7.46. The van der Waals surface area contributed by atoms with Crippen molar-refractivity contribution in [3.8, 4) is 11.5 Å². The molecule has 0 spiro atoms. The molecule has 0 saturated carbocycles. The maximum absolute atomic E-state index is 12.9. The van der Waals surface area contributed by atoms with Crippen molar-refractivity contribution < 1.29 is 42.9 Å². The fraction of sp³-hybridized carbons (Fsp3) is 0.423. The fourth-order valence-corrected chi connectivity index (χ4v) is 3.28. The Hall–Kier alpha value is -4.15. The first-order valence-electron chi connectivity index (χ1n) is 11.6. The Bertz CT molecular complexity index is 1090. The highest BCUT2D eigenvalue weighted by Gasteiger charge is 2.31. The number of nitrogens with one attached hydrogen (secondary N) is 1. The van der Waals surface area contributed by atoms with Crippen molar-refractivity contribution in [2.75, 3.05) is 13.9 Å². The summed E-state index contributed by atoms with van der Waals surface area (Å²) in [5, 5.41) is 2.50. The lowest BCUT2D eigenvalue weighted by Crippen LogP contribution is -2.44. The summed E-state index contributed by atoms with van der Waals surface area (Å²) in [7, 11) is 1.37. The first-order chi connectivity index (χ1) is 17.5. The van der Waals surface area contributed by atoms with E-state index >= 15 is 0 Å². The van der Waals surface area contributed by atoms with Crippen LogP contribution in [0, 0.1) is 5.92 Å². The molecule has 0 aliphatic rings. The molecule has 11 heteroatoms. The molecule has 0 radical (unpaired) electrons. The Morgan fingerprint density at radius 2 is 1.65 bits per heavy atom. The second-order valence-corrected chi connectivity index (χ2v) is 8.41. The summed E-state index contributed by atoms with van der Waals surface area (Å²) in [4.78, 5) is 53.2. The number of nitrogens with zero attached hydrogens (tertiary/aromatic N) is 1. The molecule has 1 amide bonds. The molecule has 0 fully saturated rings. The monoisotopic (exact) mass is 516 g/mol. The number of hydrogen-bond acceptors (Lipinski definition) is 10. The van der Waals surface area contributed by atoms with Crippen molar-refractivity contribution in [1.82, 2.24) is 10.3 Å². The molecule has 1 aromatic carbocycles. The average Bonchev–Trinajstić information content (AvgIpc) is 2.86. The number of ether oxygens (including phenoxy) is 5. The van der Waals surface area contributed by atoms with E-state index in [1.807, 2.05) is 13.8 Å². The van der Waals surface area contributed by atoms with Gasteiger partial charge in [0.1, 0.15) is 18.2 Å². The van der Waals surface area contributed by atoms with Gasteiger partial charge >= 0.3 is 17.9 Å². The third-order valence-corrected chi connectivity index (χ3v) is 5.14. The molecule has 0 aliphatic heterocycles. The molecule has 1 N–H and O–H groups in total. The number of rotatable bonds is 12. The third kappa shape index (κ3) is 8.48. The van der Waals surface area contributed by atoms with Crippen LogP contribution in [0.25, 0.3) is 0 Å². The first-order valence-corrected chi connectivity index (χ1v) is 11.6. The van der Waals surface area contributed by atoms with Crippen molar-refractivity contribution >= 4 is 23.8 Å². The molecule has 2 rings (SSSR count). The number of methoxy groups -OCH3 is 1. The summed E-state index contributed by atoms with van der Waals surface area (Å²) in [6.07, 6.45) is -0.191. The van der Waals surface area contributed by atoms with Crippen LogP contribution in [0.2, 0.25) is 0 Å². The van der Waals surface area contributed by atoms with Crippen molar-refractivity contribution in [2.24, 2.45) is 5.92 Å². The molecule has 11 nitrogen and oxygen atoms in total. The quantitative estimate of drug-likeness (QED) is 0.254. The summed E-state index contributed by atoms with van der Waals surface area (Å²) >= 11 is 0. The van der Waals surface area contributed by atoms with E-state index in [2.05, 4.69) is 10.3 Å². The van der Waals surface area contributed by atoms with Crippen molar-refractivity contribution in [1.29, 1.82) is 0 Å². The SMILES string of the molecule is COc1ccnc(C(=O)N[C@@H](C)C(=O)O[C@@H](C)[C@@H](OC(=O)c2ccccc2)C(C)C)c1OCOC(C)=O. The van der Waals surface area contributed by atoms with Gasteiger partial charge in [0.2, 0.25) is 6.79 Å². The zero-order valence-electron chi connectivity index (χ0n) is 21.7. The minimum Gasteiger partial charge on any atom is -0.493 e. The van der Waals surface area contributed by atoms with Crippen LogP contribution in [-0.2, 0) is 23.8 Å². The van der Waals surface area contributed by atoms with Crippen LogP contribution < -0.4 is 14.8 Å². The van der Waals surface area contributed by atoms with Crippen LogP contribution in [-0.4, -0.2) is 61.0 Å². The van der Waals surface area contributed by atoms with Crippen LogP contribution in [0.5, 0.6) is 11.5 Å². The van der Waals surface area contributed by atoms with E-state index in [0.717, 1.165) is 0 Å². The van der Waals surface area contributed by atoms with Crippen molar-refractivity contribution in [3.05, 3.63) is 53.9 Å². The first kappa shape index (κ1) is 29.1. The van der Waals surface area contributed by atoms with Gasteiger partial charge in [-0.3, -0.25) is 9.59 Å². The molecule has 0 unspecified atom stereocenters. The van der Waals surface area contributed by atoms with Gasteiger partial charge in [0.15, 0.2) is 17.2 Å². The lowest BCUT2D eigenvalue weighted by Gasteiger charge is -2.28. The summed E-state index contributed by atoms with van der Waals surface area (Å²) in [6, 6.07) is 8.86. The van der Waals surface area contributed by atoms with Gasteiger partial charge in [-0.2, -0.15) is 0 Å². The molecule has 0 aliphatic carbocycles. The molecule has 1 heterocycles. The van der Waals surface area contributed by atoms with E-state index < -0.39 is 48.9 Å². The average molecular weight is 517 g/mol. The molecule has 1 aromatic heterocycles. The van der Waals surface area contributed by atoms with Gasteiger partial charge in [0.05, 0.1) is 12.7 Å². The van der Waals surface area contributed by atoms with Crippen LogP contribution >= 0.6 is 0 Å². The lowest BCUT2D eigenvalue weighted by atomic mass is 10.0. The highest BCUT2D eigenvalue weighted by molar-refractivity contribution is 5.98. The Kier molecular flexibility index (Phi) is 10.9. The maximum atomic E-state index is 12.9. The number of pyridine rings is 1. The van der Waals surface area contributed by atoms with Gasteiger partial charge in [-0.1, -0.05) is 32.0 Å². The molecule has 2 aromatic rings. The number of hydrogen-bond donors (Lipinski definition) is 1. The maximum Gasteiger partial charge on any atom is 0.338 e. The molecule has 3 atom stereocenters. The normalized spacial score (nSPS) is 13.1. The summed E-state index contributed by atoms with van der Waals surface area (Å²) in [5.41, 5.74) is 0.195. The molecular weight excluding hydrogens is 484 g/mol. The van der Waals surface area contributed by atoms with E-state index in [-0.39, 0.29) is 23.1 Å². The predicted molar refractivity (Wildman–Crippen MR) is 131 cm³/mol. The molecule has 0 saturated heterocycles. The Morgan fingerprint density at radius 1 is 0.973 bits per heavy atom. The van der Waals surface area contributed by atoms with E-state index in [4.69, 9.17) is 23.7 Å². The van der Waals surface area contributed by atoms with Gasteiger partial charge in [0, 0.05) is 19.2 Å². The second-order valence-electron chi connectivity index (χ2n) is 8.41. The smallest absolute Gasteiger partial charge is 0.338 e. The number of amides is 1. The molecule has 0 bridgehead atoms. The minimum absolute atomic E-state index is 0.0645. The highest BCUT2D eigenvalue weighted by atomic mass is 16.7. The third-order valence-electron chi connectivity index (χ3n) is 5.14. The Morgan fingerprint density at radius 3 is 2.24 bits per heavy atom. The Labute approximate surface area is 215 Å².